The van der Waals surface area contributed by atoms with Crippen molar-refractivity contribution in [2.45, 2.75) is 30.5 Å². The first-order valence-corrected chi connectivity index (χ1v) is 9.00. The second-order valence-corrected chi connectivity index (χ2v) is 7.08. The maximum atomic E-state index is 9.40. The third kappa shape index (κ3) is 3.98. The Kier molecular flexibility index (Phi) is 5.45. The maximum Gasteiger partial charge on any atom is 0.195 e. The fourth-order valence-electron chi connectivity index (χ4n) is 2.35. The Morgan fingerprint density at radius 1 is 1.23 bits per heavy atom. The van der Waals surface area contributed by atoms with Crippen LogP contribution >= 0.6 is 23.4 Å². The standard InChI is InChI=1S/C18H16ClN5OS/c1-11-8-16(15(9-20)12(2)21-11)26-18-23-22-17(24(18)3)10-25-14-6-4-13(19)5-7-14/h4-8H,10H2,1-3H3. The molecule has 0 N–H and O–H groups in total. The molecular weight excluding hydrogens is 370 g/mol. The van der Waals surface area contributed by atoms with Gasteiger partial charge in [-0.1, -0.05) is 11.6 Å². The molecule has 0 aliphatic carbocycles. The Hall–Kier alpha value is -2.56. The van der Waals surface area contributed by atoms with Crippen LogP contribution in [0.25, 0.3) is 0 Å². The number of nitriles is 1. The monoisotopic (exact) mass is 385 g/mol. The second kappa shape index (κ2) is 7.77. The van der Waals surface area contributed by atoms with Gasteiger partial charge in [0.05, 0.1) is 11.3 Å². The van der Waals surface area contributed by atoms with Gasteiger partial charge in [-0.3, -0.25) is 4.98 Å². The van der Waals surface area contributed by atoms with Gasteiger partial charge in [0.1, 0.15) is 18.4 Å². The summed E-state index contributed by atoms with van der Waals surface area (Å²) in [6, 6.07) is 11.2. The summed E-state index contributed by atoms with van der Waals surface area (Å²) in [4.78, 5) is 5.15. The molecule has 1 aromatic carbocycles. The molecule has 0 saturated carbocycles. The lowest BCUT2D eigenvalue weighted by molar-refractivity contribution is 0.290. The third-order valence-electron chi connectivity index (χ3n) is 3.71. The molecule has 132 valence electrons. The zero-order chi connectivity index (χ0) is 18.7. The van der Waals surface area contributed by atoms with Gasteiger partial charge in [-0.25, -0.2) is 0 Å². The lowest BCUT2D eigenvalue weighted by Crippen LogP contribution is -2.04. The summed E-state index contributed by atoms with van der Waals surface area (Å²) in [5, 5.41) is 19.1. The molecule has 3 rings (SSSR count). The van der Waals surface area contributed by atoms with E-state index in [1.807, 2.05) is 31.5 Å². The zero-order valence-corrected chi connectivity index (χ0v) is 16.1. The summed E-state index contributed by atoms with van der Waals surface area (Å²) in [6.07, 6.45) is 0. The summed E-state index contributed by atoms with van der Waals surface area (Å²) < 4.78 is 7.57. The van der Waals surface area contributed by atoms with Crippen LogP contribution in [-0.2, 0) is 13.7 Å². The van der Waals surface area contributed by atoms with Gasteiger partial charge in [-0.05, 0) is 55.9 Å². The Balaban J connectivity index is 1.77. The van der Waals surface area contributed by atoms with E-state index in [9.17, 15) is 5.26 Å². The molecule has 0 aliphatic heterocycles. The summed E-state index contributed by atoms with van der Waals surface area (Å²) in [5.74, 6) is 1.39. The van der Waals surface area contributed by atoms with Crippen molar-refractivity contribution in [1.29, 1.82) is 5.26 Å². The van der Waals surface area contributed by atoms with E-state index >= 15 is 0 Å². The van der Waals surface area contributed by atoms with E-state index in [-0.39, 0.29) is 6.61 Å². The Morgan fingerprint density at radius 3 is 2.65 bits per heavy atom. The van der Waals surface area contributed by atoms with E-state index in [4.69, 9.17) is 16.3 Å². The van der Waals surface area contributed by atoms with E-state index in [0.717, 1.165) is 10.6 Å². The van der Waals surface area contributed by atoms with E-state index < -0.39 is 0 Å². The lowest BCUT2D eigenvalue weighted by atomic mass is 10.2. The summed E-state index contributed by atoms with van der Waals surface area (Å²) in [7, 11) is 1.87. The van der Waals surface area contributed by atoms with Crippen LogP contribution in [0.2, 0.25) is 5.02 Å². The molecule has 0 saturated heterocycles. The van der Waals surface area contributed by atoms with Crippen molar-refractivity contribution in [3.8, 4) is 11.8 Å². The van der Waals surface area contributed by atoms with Crippen LogP contribution in [0.1, 0.15) is 22.8 Å². The van der Waals surface area contributed by atoms with E-state index in [1.165, 1.54) is 11.8 Å². The first-order chi connectivity index (χ1) is 12.5. The first kappa shape index (κ1) is 18.2. The molecule has 0 fully saturated rings. The molecule has 6 nitrogen and oxygen atoms in total. The number of aryl methyl sites for hydroxylation is 2. The predicted octanol–water partition coefficient (Wildman–Crippen LogP) is 4.08. The highest BCUT2D eigenvalue weighted by atomic mass is 35.5. The predicted molar refractivity (Wildman–Crippen MR) is 99.3 cm³/mol. The molecule has 26 heavy (non-hydrogen) atoms. The normalized spacial score (nSPS) is 10.6. The van der Waals surface area contributed by atoms with Gasteiger partial charge in [0.25, 0.3) is 0 Å². The molecule has 8 heteroatoms. The van der Waals surface area contributed by atoms with Gasteiger partial charge in [0.2, 0.25) is 0 Å². The quantitative estimate of drug-likeness (QED) is 0.658. The smallest absolute Gasteiger partial charge is 0.195 e. The topological polar surface area (TPSA) is 76.6 Å². The van der Waals surface area contributed by atoms with Crippen LogP contribution in [0.15, 0.2) is 40.4 Å². The van der Waals surface area contributed by atoms with Gasteiger partial charge in [0.15, 0.2) is 11.0 Å². The molecule has 0 radical (unpaired) electrons. The zero-order valence-electron chi connectivity index (χ0n) is 14.5. The van der Waals surface area contributed by atoms with Gasteiger partial charge in [0, 0.05) is 22.7 Å². The molecule has 0 amide bonds. The molecule has 2 heterocycles. The van der Waals surface area contributed by atoms with Crippen molar-refractivity contribution in [1.82, 2.24) is 19.7 Å². The van der Waals surface area contributed by atoms with Gasteiger partial charge >= 0.3 is 0 Å². The number of pyridine rings is 1. The second-order valence-electron chi connectivity index (χ2n) is 5.64. The molecule has 0 bridgehead atoms. The molecule has 0 spiro atoms. The number of nitrogens with zero attached hydrogens (tertiary/aromatic N) is 5. The molecular formula is C18H16ClN5OS. The number of hydrogen-bond donors (Lipinski definition) is 0. The maximum absolute atomic E-state index is 9.40. The van der Waals surface area contributed by atoms with Crippen molar-refractivity contribution >= 4 is 23.4 Å². The molecule has 3 aromatic rings. The van der Waals surface area contributed by atoms with Gasteiger partial charge in [-0.2, -0.15) is 5.26 Å². The summed E-state index contributed by atoms with van der Waals surface area (Å²) in [5.41, 5.74) is 2.13. The average Bonchev–Trinajstić information content (AvgIpc) is 2.94. The number of ether oxygens (including phenoxy) is 1. The molecule has 2 aromatic heterocycles. The van der Waals surface area contributed by atoms with Crippen molar-refractivity contribution in [3.63, 3.8) is 0 Å². The molecule has 0 aliphatic rings. The Morgan fingerprint density at radius 2 is 1.96 bits per heavy atom. The number of halogens is 1. The minimum absolute atomic E-state index is 0.283. The van der Waals surface area contributed by atoms with Crippen LogP contribution in [0, 0.1) is 25.2 Å². The lowest BCUT2D eigenvalue weighted by Gasteiger charge is -2.08. The fourth-order valence-corrected chi connectivity index (χ4v) is 3.52. The molecule has 0 atom stereocenters. The summed E-state index contributed by atoms with van der Waals surface area (Å²) >= 11 is 7.26. The summed E-state index contributed by atoms with van der Waals surface area (Å²) in [6.45, 7) is 4.02. The highest BCUT2D eigenvalue weighted by Gasteiger charge is 2.15. The SMILES string of the molecule is Cc1cc(Sc2nnc(COc3ccc(Cl)cc3)n2C)c(C#N)c(C)n1. The fraction of sp³-hybridized carbons (Fsp3) is 0.222. The van der Waals surface area contributed by atoms with Crippen molar-refractivity contribution < 1.29 is 4.74 Å². The Labute approximate surface area is 160 Å². The number of hydrogen-bond acceptors (Lipinski definition) is 6. The van der Waals surface area contributed by atoms with E-state index in [0.29, 0.717) is 33.0 Å². The highest BCUT2D eigenvalue weighted by molar-refractivity contribution is 7.99. The van der Waals surface area contributed by atoms with Gasteiger partial charge in [-0.15, -0.1) is 10.2 Å². The average molecular weight is 386 g/mol. The number of aromatic nitrogens is 4. The Bertz CT molecular complexity index is 978. The van der Waals surface area contributed by atoms with Crippen LogP contribution in [-0.4, -0.2) is 19.7 Å². The molecule has 0 unspecified atom stereocenters. The van der Waals surface area contributed by atoms with Crippen LogP contribution < -0.4 is 4.74 Å². The van der Waals surface area contributed by atoms with Crippen LogP contribution in [0.5, 0.6) is 5.75 Å². The van der Waals surface area contributed by atoms with Crippen molar-refractivity contribution in [2.75, 3.05) is 0 Å². The highest BCUT2D eigenvalue weighted by Crippen LogP contribution is 2.30. The van der Waals surface area contributed by atoms with Gasteiger partial charge < -0.3 is 9.30 Å². The van der Waals surface area contributed by atoms with Crippen molar-refractivity contribution in [3.05, 3.63) is 58.1 Å². The third-order valence-corrected chi connectivity index (χ3v) is 5.04. The van der Waals surface area contributed by atoms with E-state index in [2.05, 4.69) is 21.3 Å². The first-order valence-electron chi connectivity index (χ1n) is 7.80. The number of rotatable bonds is 5. The largest absolute Gasteiger partial charge is 0.486 e. The van der Waals surface area contributed by atoms with Crippen LogP contribution in [0.4, 0.5) is 0 Å². The minimum atomic E-state index is 0.283. The number of benzene rings is 1. The van der Waals surface area contributed by atoms with Crippen LogP contribution in [0.3, 0.4) is 0 Å². The minimum Gasteiger partial charge on any atom is -0.486 e. The van der Waals surface area contributed by atoms with Crippen molar-refractivity contribution in [2.24, 2.45) is 7.05 Å². The van der Waals surface area contributed by atoms with E-state index in [1.54, 1.807) is 24.3 Å².